The number of fused-ring (bicyclic) bond motifs is 1. The molecular weight excluding hydrogens is 443 g/mol. The molecule has 1 unspecified atom stereocenters. The number of aliphatic hydroxyl groups excluding tert-OH is 2. The monoisotopic (exact) mass is 467 g/mol. The Labute approximate surface area is 186 Å². The third-order valence-corrected chi connectivity index (χ3v) is 6.67. The molecule has 4 rings (SSSR count). The molecule has 2 heterocycles. The van der Waals surface area contributed by atoms with Crippen molar-refractivity contribution in [2.24, 2.45) is 5.92 Å². The molecule has 2 aromatic heterocycles. The minimum absolute atomic E-state index is 0.0841. The number of nitrogens with zero attached hydrogens (tertiary/aromatic N) is 3. The Morgan fingerprint density at radius 2 is 1.94 bits per heavy atom. The molecule has 0 bridgehead atoms. The van der Waals surface area contributed by atoms with Crippen molar-refractivity contribution in [2.45, 2.75) is 51.1 Å². The molecule has 4 atom stereocenters. The van der Waals surface area contributed by atoms with Crippen LogP contribution in [0.5, 0.6) is 0 Å². The Kier molecular flexibility index (Phi) is 6.24. The summed E-state index contributed by atoms with van der Waals surface area (Å²) >= 11 is 1.43. The van der Waals surface area contributed by atoms with E-state index in [4.69, 9.17) is 0 Å². The van der Waals surface area contributed by atoms with E-state index in [1.54, 1.807) is 13.8 Å². The Morgan fingerprint density at radius 1 is 1.19 bits per heavy atom. The lowest BCUT2D eigenvalue weighted by Crippen LogP contribution is -2.29. The Bertz CT molecular complexity index is 1070. The molecule has 1 saturated carbocycles. The average Bonchev–Trinajstić information content (AvgIpc) is 3.29. The molecule has 0 spiro atoms. The number of thiazole rings is 1. The van der Waals surface area contributed by atoms with Gasteiger partial charge in [-0.15, -0.1) is 11.3 Å². The van der Waals surface area contributed by atoms with E-state index in [0.29, 0.717) is 34.9 Å². The predicted molar refractivity (Wildman–Crippen MR) is 118 cm³/mol. The van der Waals surface area contributed by atoms with Gasteiger partial charge in [-0.1, -0.05) is 12.1 Å². The van der Waals surface area contributed by atoms with Crippen LogP contribution in [0.15, 0.2) is 24.3 Å². The lowest BCUT2D eigenvalue weighted by atomic mass is 10.0. The Hall–Kier alpha value is -2.50. The topological polar surface area (TPSA) is 103 Å². The van der Waals surface area contributed by atoms with E-state index in [9.17, 15) is 23.4 Å². The summed E-state index contributed by atoms with van der Waals surface area (Å²) in [6.45, 7) is 2.11. The zero-order chi connectivity index (χ0) is 23.0. The van der Waals surface area contributed by atoms with Gasteiger partial charge in [0.25, 0.3) is 0 Å². The number of hydrogen-bond acceptors (Lipinski definition) is 8. The zero-order valence-corrected chi connectivity index (χ0v) is 18.3. The molecule has 32 heavy (non-hydrogen) atoms. The van der Waals surface area contributed by atoms with Crippen molar-refractivity contribution in [3.63, 3.8) is 0 Å². The van der Waals surface area contributed by atoms with Gasteiger partial charge in [-0.05, 0) is 44.7 Å². The van der Waals surface area contributed by atoms with Crippen LogP contribution in [0.25, 0.3) is 20.8 Å². The highest BCUT2D eigenvalue weighted by Gasteiger charge is 2.36. The highest BCUT2D eigenvalue weighted by atomic mass is 32.1. The van der Waals surface area contributed by atoms with Crippen molar-refractivity contribution in [3.05, 3.63) is 30.0 Å². The van der Waals surface area contributed by atoms with Crippen LogP contribution < -0.4 is 10.6 Å². The van der Waals surface area contributed by atoms with Gasteiger partial charge in [-0.3, -0.25) is 0 Å². The van der Waals surface area contributed by atoms with E-state index in [1.165, 1.54) is 11.3 Å². The van der Waals surface area contributed by atoms with Gasteiger partial charge in [-0.25, -0.2) is 9.97 Å². The predicted octanol–water partition coefficient (Wildman–Crippen LogP) is 3.97. The van der Waals surface area contributed by atoms with Gasteiger partial charge in [-0.2, -0.15) is 18.2 Å². The van der Waals surface area contributed by atoms with Gasteiger partial charge in [0.1, 0.15) is 17.4 Å². The second kappa shape index (κ2) is 8.80. The maximum Gasteiger partial charge on any atom is 0.405 e. The highest BCUT2D eigenvalue weighted by molar-refractivity contribution is 7.21. The summed E-state index contributed by atoms with van der Waals surface area (Å²) in [5, 5.41) is 26.5. The summed E-state index contributed by atoms with van der Waals surface area (Å²) in [6.07, 6.45) is -4.78. The molecule has 7 nitrogen and oxygen atoms in total. The maximum absolute atomic E-state index is 12.7. The smallest absolute Gasteiger partial charge is 0.393 e. The summed E-state index contributed by atoms with van der Waals surface area (Å²) in [4.78, 5) is 13.2. The molecule has 0 radical (unpaired) electrons. The molecule has 11 heteroatoms. The number of alkyl halides is 3. The van der Waals surface area contributed by atoms with Crippen molar-refractivity contribution in [1.82, 2.24) is 15.0 Å². The van der Waals surface area contributed by atoms with E-state index < -0.39 is 31.0 Å². The van der Waals surface area contributed by atoms with Gasteiger partial charge in [0.05, 0.1) is 39.7 Å². The zero-order valence-electron chi connectivity index (χ0n) is 17.5. The first-order valence-electron chi connectivity index (χ1n) is 10.3. The fraction of sp³-hybridized carbons (Fsp3) is 0.476. The molecule has 1 aliphatic rings. The van der Waals surface area contributed by atoms with Gasteiger partial charge >= 0.3 is 6.18 Å². The molecule has 0 aliphatic heterocycles. The first-order valence-corrected chi connectivity index (χ1v) is 11.1. The van der Waals surface area contributed by atoms with Gasteiger partial charge in [0.2, 0.25) is 5.95 Å². The maximum atomic E-state index is 12.7. The van der Waals surface area contributed by atoms with Crippen molar-refractivity contribution >= 4 is 33.3 Å². The number of rotatable bonds is 6. The van der Waals surface area contributed by atoms with Crippen LogP contribution >= 0.6 is 11.3 Å². The first kappa shape index (κ1) is 22.7. The number of anilines is 2. The SMILES string of the molecule is Cc1nc(NCC(F)(F)F)nc(N[C@@H]2C[C@H](C(C)O)C[C@H]2O)c1-c1nc2ccccc2s1. The van der Waals surface area contributed by atoms with Crippen LogP contribution in [0.2, 0.25) is 0 Å². The second-order valence-electron chi connectivity index (χ2n) is 8.10. The molecule has 172 valence electrons. The van der Waals surface area contributed by atoms with E-state index in [2.05, 4.69) is 25.6 Å². The Balaban J connectivity index is 1.72. The van der Waals surface area contributed by atoms with E-state index in [-0.39, 0.29) is 11.9 Å². The minimum atomic E-state index is -4.41. The van der Waals surface area contributed by atoms with Crippen LogP contribution in [0.3, 0.4) is 0 Å². The Morgan fingerprint density at radius 3 is 2.59 bits per heavy atom. The standard InChI is InChI=1S/C21H24F3N5O2S/c1-10-17(19-28-13-5-3-4-6-16(13)32-19)18(29-20(26-10)25-9-21(22,23)24)27-14-7-12(11(2)30)8-15(14)31/h3-6,11-12,14-15,30-31H,7-9H2,1-2H3,(H2,25,26,27,29)/t11?,12-,14+,15+/m0/s1. The summed E-state index contributed by atoms with van der Waals surface area (Å²) in [6, 6.07) is 7.19. The lowest BCUT2D eigenvalue weighted by Gasteiger charge is -2.21. The highest BCUT2D eigenvalue weighted by Crippen LogP contribution is 2.38. The largest absolute Gasteiger partial charge is 0.405 e. The molecular formula is C21H24F3N5O2S. The number of aromatic nitrogens is 3. The molecule has 4 N–H and O–H groups in total. The number of hydrogen-bond donors (Lipinski definition) is 4. The van der Waals surface area contributed by atoms with Crippen LogP contribution in [0, 0.1) is 12.8 Å². The molecule has 1 fully saturated rings. The van der Waals surface area contributed by atoms with Crippen LogP contribution in [-0.4, -0.2) is 56.1 Å². The number of para-hydroxylation sites is 1. The first-order chi connectivity index (χ1) is 15.1. The number of benzene rings is 1. The average molecular weight is 468 g/mol. The molecule has 1 aromatic carbocycles. The quantitative estimate of drug-likeness (QED) is 0.435. The van der Waals surface area contributed by atoms with Crippen molar-refractivity contribution in [1.29, 1.82) is 0 Å². The van der Waals surface area contributed by atoms with Crippen molar-refractivity contribution in [3.8, 4) is 10.6 Å². The third kappa shape index (κ3) is 4.94. The number of nitrogens with one attached hydrogen (secondary N) is 2. The molecule has 0 amide bonds. The fourth-order valence-electron chi connectivity index (χ4n) is 3.95. The van der Waals surface area contributed by atoms with Crippen molar-refractivity contribution < 1.29 is 23.4 Å². The van der Waals surface area contributed by atoms with Crippen LogP contribution in [0.1, 0.15) is 25.5 Å². The van der Waals surface area contributed by atoms with Gasteiger partial charge in [0, 0.05) is 0 Å². The summed E-state index contributed by atoms with van der Waals surface area (Å²) in [5.74, 6) is 0.0578. The van der Waals surface area contributed by atoms with E-state index in [1.807, 2.05) is 24.3 Å². The summed E-state index contributed by atoms with van der Waals surface area (Å²) in [7, 11) is 0. The fourth-order valence-corrected chi connectivity index (χ4v) is 5.01. The van der Waals surface area contributed by atoms with Crippen molar-refractivity contribution in [2.75, 3.05) is 17.2 Å². The normalized spacial score (nSPS) is 22.3. The molecule has 1 aliphatic carbocycles. The van der Waals surface area contributed by atoms with Crippen LogP contribution in [-0.2, 0) is 0 Å². The number of aliphatic hydroxyl groups is 2. The van der Waals surface area contributed by atoms with E-state index >= 15 is 0 Å². The molecule has 0 saturated heterocycles. The second-order valence-corrected chi connectivity index (χ2v) is 9.13. The van der Waals surface area contributed by atoms with Gasteiger partial charge < -0.3 is 20.8 Å². The van der Waals surface area contributed by atoms with Crippen LogP contribution in [0.4, 0.5) is 24.9 Å². The number of aryl methyl sites for hydroxylation is 1. The lowest BCUT2D eigenvalue weighted by molar-refractivity contribution is -0.115. The molecule has 3 aromatic rings. The van der Waals surface area contributed by atoms with E-state index in [0.717, 1.165) is 10.2 Å². The minimum Gasteiger partial charge on any atom is -0.393 e. The van der Waals surface area contributed by atoms with Gasteiger partial charge in [0.15, 0.2) is 0 Å². The third-order valence-electron chi connectivity index (χ3n) is 5.61. The summed E-state index contributed by atoms with van der Waals surface area (Å²) in [5.41, 5.74) is 1.84. The summed E-state index contributed by atoms with van der Waals surface area (Å²) < 4.78 is 39.1. The number of halogens is 3.